The number of aliphatic imine (C=N–C) groups is 1. The summed E-state index contributed by atoms with van der Waals surface area (Å²) in [5.41, 5.74) is 6.23. The van der Waals surface area contributed by atoms with Crippen LogP contribution >= 0.6 is 11.6 Å². The molecule has 3 aromatic rings. The third kappa shape index (κ3) is 6.03. The van der Waals surface area contributed by atoms with Gasteiger partial charge in [0.05, 0.1) is 20.5 Å². The number of halogens is 5. The Morgan fingerprint density at radius 2 is 1.79 bits per heavy atom. The van der Waals surface area contributed by atoms with Gasteiger partial charge in [-0.2, -0.15) is 13.2 Å². The number of aromatic nitrogens is 3. The normalized spacial score (nSPS) is 22.3. The highest BCUT2D eigenvalue weighted by atomic mass is 35.5. The molecule has 0 fully saturated rings. The molecule has 2 aromatic heterocycles. The van der Waals surface area contributed by atoms with E-state index < -0.39 is 38.0 Å². The highest BCUT2D eigenvalue weighted by molar-refractivity contribution is 7.95. The summed E-state index contributed by atoms with van der Waals surface area (Å²) in [4.78, 5) is 21.7. The minimum atomic E-state index is -5.08. The molecule has 0 aliphatic carbocycles. The number of rotatable bonds is 3. The van der Waals surface area contributed by atoms with Gasteiger partial charge in [0.1, 0.15) is 21.9 Å². The van der Waals surface area contributed by atoms with E-state index in [1.54, 1.807) is 39.0 Å². The number of carbonyl (C=O) groups is 1. The molecule has 0 amide bonds. The van der Waals surface area contributed by atoms with Crippen molar-refractivity contribution < 1.29 is 36.2 Å². The van der Waals surface area contributed by atoms with Gasteiger partial charge in [-0.05, 0) is 39.0 Å². The van der Waals surface area contributed by atoms with Crippen LogP contribution in [-0.4, -0.2) is 60.0 Å². The Kier molecular flexibility index (Phi) is 8.08. The van der Waals surface area contributed by atoms with E-state index in [2.05, 4.69) is 24.5 Å². The van der Waals surface area contributed by atoms with Crippen molar-refractivity contribution in [3.63, 3.8) is 0 Å². The van der Waals surface area contributed by atoms with E-state index in [1.807, 2.05) is 0 Å². The summed E-state index contributed by atoms with van der Waals surface area (Å²) in [7, 11) is -1.31. The van der Waals surface area contributed by atoms with Gasteiger partial charge in [-0.15, -0.1) is 0 Å². The van der Waals surface area contributed by atoms with Crippen molar-refractivity contribution in [2.75, 3.05) is 12.8 Å². The summed E-state index contributed by atoms with van der Waals surface area (Å²) in [6.45, 7) is 5.18. The fraction of sp³-hybridized carbons (Fsp3) is 0.348. The largest absolute Gasteiger partial charge is 0.490 e. The average molecular weight is 591 g/mol. The molecule has 0 saturated carbocycles. The predicted octanol–water partition coefficient (Wildman–Crippen LogP) is 4.69. The number of alkyl halides is 3. The lowest BCUT2D eigenvalue weighted by atomic mass is 9.91. The zero-order valence-corrected chi connectivity index (χ0v) is 22.5. The van der Waals surface area contributed by atoms with Crippen molar-refractivity contribution in [2.24, 2.45) is 15.1 Å². The van der Waals surface area contributed by atoms with Crippen molar-refractivity contribution in [1.29, 1.82) is 0 Å². The zero-order chi connectivity index (χ0) is 29.4. The zero-order valence-electron chi connectivity index (χ0n) is 21.0. The maximum atomic E-state index is 15.0. The smallest absolute Gasteiger partial charge is 0.475 e. The molecule has 16 heteroatoms. The molecule has 210 valence electrons. The Morgan fingerprint density at radius 3 is 2.33 bits per heavy atom. The van der Waals surface area contributed by atoms with Gasteiger partial charge in [0, 0.05) is 36.6 Å². The molecular weight excluding hydrogens is 568 g/mol. The van der Waals surface area contributed by atoms with Crippen LogP contribution in [0, 0.1) is 5.82 Å². The number of nitrogens with zero attached hydrogens (tertiary/aromatic N) is 5. The average Bonchev–Trinajstić information content (AvgIpc) is 3.33. The van der Waals surface area contributed by atoms with Crippen molar-refractivity contribution in [1.82, 2.24) is 15.1 Å². The number of carboxylic acid groups (broad SMARTS) is 1. The van der Waals surface area contributed by atoms with Gasteiger partial charge in [0.25, 0.3) is 0 Å². The van der Waals surface area contributed by atoms with E-state index in [0.29, 0.717) is 27.9 Å². The van der Waals surface area contributed by atoms with E-state index in [1.165, 1.54) is 25.5 Å². The number of carboxylic acids is 1. The molecule has 2 atom stereocenters. The second kappa shape index (κ2) is 10.5. The van der Waals surface area contributed by atoms with E-state index in [9.17, 15) is 21.8 Å². The summed E-state index contributed by atoms with van der Waals surface area (Å²) in [5, 5.41) is 11.5. The van der Waals surface area contributed by atoms with Crippen molar-refractivity contribution in [3.05, 3.63) is 53.1 Å². The van der Waals surface area contributed by atoms with Gasteiger partial charge in [-0.25, -0.2) is 27.7 Å². The maximum absolute atomic E-state index is 15.0. The fourth-order valence-corrected chi connectivity index (χ4v) is 6.04. The Labute approximate surface area is 225 Å². The van der Waals surface area contributed by atoms with Gasteiger partial charge in [0.15, 0.2) is 17.3 Å². The van der Waals surface area contributed by atoms with Crippen LogP contribution in [0.4, 0.5) is 17.6 Å². The molecule has 0 saturated heterocycles. The Hall–Kier alpha value is -3.59. The van der Waals surface area contributed by atoms with Crippen LogP contribution in [-0.2, 0) is 20.1 Å². The van der Waals surface area contributed by atoms with Crippen LogP contribution in [0.3, 0.4) is 0 Å². The number of amidine groups is 1. The van der Waals surface area contributed by atoms with Crippen LogP contribution in [0.25, 0.3) is 22.8 Å². The van der Waals surface area contributed by atoms with Crippen molar-refractivity contribution in [3.8, 4) is 22.8 Å². The van der Waals surface area contributed by atoms with Crippen LogP contribution in [0.5, 0.6) is 0 Å². The molecule has 0 bridgehead atoms. The minimum Gasteiger partial charge on any atom is -0.475 e. The standard InChI is InChI=1S/C21H22ClFN6O2S.C2HF3O2/c1-20(2)19(24)28-21(3,11-32(20,30)25-4)14-7-12(5-6-15(14)23)17-8-16(29-31-17)18-26-9-13(22)10-27-18;3-2(4,5)1(6)7/h5-10H,11H2,1-4H3,(H2,24,28);(H,6,7)/t21-,32-;/m0./s1. The maximum Gasteiger partial charge on any atom is 0.490 e. The molecule has 10 nitrogen and oxygen atoms in total. The third-order valence-electron chi connectivity index (χ3n) is 5.99. The Morgan fingerprint density at radius 1 is 1.21 bits per heavy atom. The molecule has 0 unspecified atom stereocenters. The van der Waals surface area contributed by atoms with E-state index in [-0.39, 0.29) is 17.2 Å². The lowest BCUT2D eigenvalue weighted by Crippen LogP contribution is -2.54. The van der Waals surface area contributed by atoms with E-state index in [0.717, 1.165) is 0 Å². The summed E-state index contributed by atoms with van der Waals surface area (Å²) < 4.78 is 69.0. The van der Waals surface area contributed by atoms with Gasteiger partial charge >= 0.3 is 12.1 Å². The lowest BCUT2D eigenvalue weighted by molar-refractivity contribution is -0.192. The van der Waals surface area contributed by atoms with Crippen LogP contribution in [0.2, 0.25) is 5.02 Å². The van der Waals surface area contributed by atoms with E-state index in [4.69, 9.17) is 31.8 Å². The van der Waals surface area contributed by atoms with Gasteiger partial charge in [0.2, 0.25) is 0 Å². The third-order valence-corrected chi connectivity index (χ3v) is 9.53. The predicted molar refractivity (Wildman–Crippen MR) is 136 cm³/mol. The van der Waals surface area contributed by atoms with Crippen molar-refractivity contribution in [2.45, 2.75) is 37.2 Å². The lowest BCUT2D eigenvalue weighted by Gasteiger charge is -2.40. The summed E-state index contributed by atoms with van der Waals surface area (Å²) in [6, 6.07) is 6.13. The molecule has 3 N–H and O–H groups in total. The topological polar surface area (TPSA) is 157 Å². The van der Waals surface area contributed by atoms with Crippen molar-refractivity contribution >= 4 is 33.1 Å². The highest BCUT2D eigenvalue weighted by Crippen LogP contribution is 2.40. The molecule has 1 aliphatic rings. The molecular formula is C23H23ClF4N6O4S. The Bertz CT molecular complexity index is 1550. The fourth-order valence-electron chi connectivity index (χ4n) is 3.64. The Balaban J connectivity index is 0.000000532. The second-order valence-electron chi connectivity index (χ2n) is 9.05. The van der Waals surface area contributed by atoms with E-state index >= 15 is 0 Å². The highest BCUT2D eigenvalue weighted by Gasteiger charge is 2.47. The van der Waals surface area contributed by atoms with Gasteiger partial charge in [-0.1, -0.05) is 16.8 Å². The molecule has 1 aliphatic heterocycles. The minimum absolute atomic E-state index is 0.0326. The van der Waals surface area contributed by atoms with Crippen LogP contribution in [0.15, 0.2) is 50.5 Å². The summed E-state index contributed by atoms with van der Waals surface area (Å²) in [6.07, 6.45) is -2.17. The molecule has 0 radical (unpaired) electrons. The first kappa shape index (κ1) is 30.0. The number of nitrogens with two attached hydrogens (primary N) is 1. The summed E-state index contributed by atoms with van der Waals surface area (Å²) in [5.74, 6) is -2.32. The molecule has 1 aromatic carbocycles. The quantitative estimate of drug-likeness (QED) is 0.416. The monoisotopic (exact) mass is 590 g/mol. The van der Waals surface area contributed by atoms with Crippen LogP contribution < -0.4 is 5.73 Å². The first-order valence-electron chi connectivity index (χ1n) is 11.0. The number of hydrogen-bond acceptors (Lipinski definition) is 9. The second-order valence-corrected chi connectivity index (χ2v) is 12.4. The molecule has 0 spiro atoms. The number of benzene rings is 1. The SMILES string of the molecule is CN=[S@]1(=O)C[C@@](C)(c2cc(-c3cc(-c4ncc(Cl)cn4)no3)ccc2F)N=C(N)C1(C)C.O=C(O)C(F)(F)F. The van der Waals surface area contributed by atoms with Gasteiger partial charge in [-0.3, -0.25) is 4.99 Å². The van der Waals surface area contributed by atoms with Gasteiger partial charge < -0.3 is 15.4 Å². The molecule has 3 heterocycles. The first-order chi connectivity index (χ1) is 17.9. The first-order valence-corrected chi connectivity index (χ1v) is 13.0. The molecule has 39 heavy (non-hydrogen) atoms. The molecule has 4 rings (SSSR count). The summed E-state index contributed by atoms with van der Waals surface area (Å²) >= 11 is 5.83. The van der Waals surface area contributed by atoms with Crippen LogP contribution in [0.1, 0.15) is 26.3 Å². The number of hydrogen-bond donors (Lipinski definition) is 2. The number of aliphatic carboxylic acids is 1.